The van der Waals surface area contributed by atoms with E-state index in [2.05, 4.69) is 176 Å². The summed E-state index contributed by atoms with van der Waals surface area (Å²) in [5.74, 6) is 0.392. The number of hydrogen-bond donors (Lipinski definition) is 0. The fraction of sp³-hybridized carbons (Fsp3) is 0.149. The molecule has 3 nitrogen and oxygen atoms in total. The lowest BCUT2D eigenvalue weighted by molar-refractivity contribution is -0.954. The number of nitrogens with zero attached hydrogens (tertiary/aromatic N) is 2. The molecule has 0 saturated heterocycles. The molecule has 6 aromatic carbocycles. The Hall–Kier alpha value is -5.58. The zero-order valence-corrected chi connectivity index (χ0v) is 30.6. The number of pyridine rings is 2. The summed E-state index contributed by atoms with van der Waals surface area (Å²) in [7, 11) is -1.64. The van der Waals surface area contributed by atoms with Crippen molar-refractivity contribution in [3.05, 3.63) is 150 Å². The van der Waals surface area contributed by atoms with Crippen molar-refractivity contribution < 1.29 is 13.6 Å². The van der Waals surface area contributed by atoms with Gasteiger partial charge in [-0.05, 0) is 74.8 Å². The van der Waals surface area contributed by atoms with E-state index in [1.807, 2.05) is 0 Å². The summed E-state index contributed by atoms with van der Waals surface area (Å²) >= 11 is 0. The van der Waals surface area contributed by atoms with Crippen LogP contribution < -0.4 is 14.3 Å². The number of hydrogen-bond acceptors (Lipinski definition) is 1. The Morgan fingerprint density at radius 2 is 1.25 bits per heavy atom. The first-order chi connectivity index (χ1) is 24.8. The summed E-state index contributed by atoms with van der Waals surface area (Å²) in [6.07, 6.45) is 4.81. The Kier molecular flexibility index (Phi) is 5.61. The minimum Gasteiger partial charge on any atom is -0.455 e. The Morgan fingerprint density at radius 1 is 0.588 bits per heavy atom. The lowest BCUT2D eigenvalue weighted by Crippen LogP contribution is -2.72. The highest BCUT2D eigenvalue weighted by molar-refractivity contribution is 6.88. The standard InChI is InChI=1S/C47H38N2OSi/c1-28(2)29-24-25-48-41(26-29)45-39(47(48)38-17-11-10-16-36(38)40-22-18-30(27-49(40)47)51(3,4)5)21-19-37-44-42(50-46(37)45)23-20-35-33-14-7-6-12-31(33)32-13-8-9-15-34(32)43(35)44/h6-28H,1-5H3/q+2. The summed E-state index contributed by atoms with van der Waals surface area (Å²) in [4.78, 5) is 0. The summed E-state index contributed by atoms with van der Waals surface area (Å²) in [6.45, 7) is 11.9. The Bertz CT molecular complexity index is 2970. The summed E-state index contributed by atoms with van der Waals surface area (Å²) in [6, 6.07) is 45.4. The van der Waals surface area contributed by atoms with Gasteiger partial charge in [-0.2, -0.15) is 0 Å². The highest BCUT2D eigenvalue weighted by atomic mass is 28.3. The number of fused-ring (bicyclic) bond motifs is 21. The monoisotopic (exact) mass is 674 g/mol. The molecule has 0 aliphatic carbocycles. The van der Waals surface area contributed by atoms with Crippen molar-refractivity contribution in [1.29, 1.82) is 0 Å². The highest BCUT2D eigenvalue weighted by Gasteiger charge is 2.67. The molecule has 4 heteroatoms. The third kappa shape index (κ3) is 3.58. The van der Waals surface area contributed by atoms with E-state index in [0.717, 1.165) is 11.2 Å². The minimum atomic E-state index is -1.64. The average Bonchev–Trinajstić information content (AvgIpc) is 3.77. The smallest absolute Gasteiger partial charge is 0.417 e. The Labute approximate surface area is 298 Å². The molecule has 0 saturated carbocycles. The van der Waals surface area contributed by atoms with E-state index in [1.165, 1.54) is 87.5 Å². The third-order valence-electron chi connectivity index (χ3n) is 11.9. The van der Waals surface area contributed by atoms with Gasteiger partial charge in [0.1, 0.15) is 27.9 Å². The van der Waals surface area contributed by atoms with E-state index in [1.54, 1.807) is 0 Å². The summed E-state index contributed by atoms with van der Waals surface area (Å²) < 4.78 is 12.3. The maximum Gasteiger partial charge on any atom is 0.417 e. The molecule has 3 aromatic heterocycles. The van der Waals surface area contributed by atoms with Crippen molar-refractivity contribution in [2.75, 3.05) is 0 Å². The molecular formula is C47H38N2OSi+2. The van der Waals surface area contributed by atoms with Crippen molar-refractivity contribution >= 4 is 67.5 Å². The SMILES string of the molecule is CC(C)c1cc[n+]2c(c1)-c1c(ccc3c1oc1ccc4c5ccccc5c5ccccc5c4c13)C21c2ccccc2-c2ccc([Si](C)(C)C)c[n+]21. The van der Waals surface area contributed by atoms with E-state index < -0.39 is 13.7 Å². The van der Waals surface area contributed by atoms with Gasteiger partial charge in [0.15, 0.2) is 12.4 Å². The van der Waals surface area contributed by atoms with E-state index in [0.29, 0.717) is 5.92 Å². The van der Waals surface area contributed by atoms with Gasteiger partial charge in [-0.25, -0.2) is 0 Å². The number of benzene rings is 6. The van der Waals surface area contributed by atoms with Gasteiger partial charge in [0.2, 0.25) is 11.4 Å². The Morgan fingerprint density at radius 3 is 2.00 bits per heavy atom. The Balaban J connectivity index is 1.33. The molecule has 1 unspecified atom stereocenters. The predicted octanol–water partition coefficient (Wildman–Crippen LogP) is 10.5. The van der Waals surface area contributed by atoms with Crippen LogP contribution in [0.2, 0.25) is 19.6 Å². The van der Waals surface area contributed by atoms with E-state index in [-0.39, 0.29) is 0 Å². The van der Waals surface area contributed by atoms with E-state index in [4.69, 9.17) is 4.42 Å². The van der Waals surface area contributed by atoms with E-state index in [9.17, 15) is 0 Å². The number of aromatic nitrogens is 2. The lowest BCUT2D eigenvalue weighted by atomic mass is 9.88. The van der Waals surface area contributed by atoms with Crippen LogP contribution >= 0.6 is 0 Å². The molecule has 0 amide bonds. The number of rotatable bonds is 2. The molecule has 244 valence electrons. The molecule has 1 spiro atoms. The number of furan rings is 1. The van der Waals surface area contributed by atoms with Crippen molar-refractivity contribution in [1.82, 2.24) is 0 Å². The summed E-state index contributed by atoms with van der Waals surface area (Å²) in [5, 5.41) is 11.4. The van der Waals surface area contributed by atoms with Crippen molar-refractivity contribution in [2.45, 2.75) is 45.1 Å². The fourth-order valence-electron chi connectivity index (χ4n) is 9.44. The fourth-order valence-corrected chi connectivity index (χ4v) is 10.5. The molecule has 2 aliphatic rings. The topological polar surface area (TPSA) is 20.9 Å². The van der Waals surface area contributed by atoms with Crippen LogP contribution in [0.25, 0.3) is 76.8 Å². The van der Waals surface area contributed by atoms with Crippen molar-refractivity contribution in [2.24, 2.45) is 0 Å². The molecule has 0 bridgehead atoms. The second-order valence-electron chi connectivity index (χ2n) is 15.9. The van der Waals surface area contributed by atoms with Gasteiger partial charge >= 0.3 is 5.66 Å². The van der Waals surface area contributed by atoms with Crippen LogP contribution in [-0.2, 0) is 5.66 Å². The molecule has 9 aromatic rings. The molecule has 2 aliphatic heterocycles. The molecule has 51 heavy (non-hydrogen) atoms. The van der Waals surface area contributed by atoms with E-state index >= 15 is 0 Å². The molecule has 0 fully saturated rings. The maximum absolute atomic E-state index is 7.16. The highest BCUT2D eigenvalue weighted by Crippen LogP contribution is 2.52. The van der Waals surface area contributed by atoms with Gasteiger partial charge < -0.3 is 4.42 Å². The second kappa shape index (κ2) is 9.80. The van der Waals surface area contributed by atoms with Gasteiger partial charge in [0, 0.05) is 39.5 Å². The largest absolute Gasteiger partial charge is 0.455 e. The molecule has 11 rings (SSSR count). The zero-order valence-electron chi connectivity index (χ0n) is 29.6. The van der Waals surface area contributed by atoms with Crippen LogP contribution in [0.4, 0.5) is 0 Å². The van der Waals surface area contributed by atoms with Gasteiger partial charge in [-0.1, -0.05) is 100 Å². The van der Waals surface area contributed by atoms with Gasteiger partial charge in [-0.3, -0.25) is 0 Å². The molecule has 0 radical (unpaired) electrons. The average molecular weight is 675 g/mol. The van der Waals surface area contributed by atoms with Crippen LogP contribution in [0.15, 0.2) is 138 Å². The zero-order chi connectivity index (χ0) is 34.4. The predicted molar refractivity (Wildman–Crippen MR) is 213 cm³/mol. The normalized spacial score (nSPS) is 16.2. The first kappa shape index (κ1) is 29.2. The first-order valence-corrected chi connectivity index (χ1v) is 21.7. The third-order valence-corrected chi connectivity index (χ3v) is 13.9. The van der Waals surface area contributed by atoms with Crippen LogP contribution in [0, 0.1) is 0 Å². The first-order valence-electron chi connectivity index (χ1n) is 18.2. The summed E-state index contributed by atoms with van der Waals surface area (Å²) in [5.41, 5.74) is 10.1. The second-order valence-corrected chi connectivity index (χ2v) is 21.0. The maximum atomic E-state index is 7.16. The van der Waals surface area contributed by atoms with Crippen LogP contribution in [0.5, 0.6) is 0 Å². The van der Waals surface area contributed by atoms with Gasteiger partial charge in [0.25, 0.3) is 0 Å². The van der Waals surface area contributed by atoms with Crippen LogP contribution in [-0.4, -0.2) is 8.07 Å². The van der Waals surface area contributed by atoms with Crippen LogP contribution in [0.3, 0.4) is 0 Å². The minimum absolute atomic E-state index is 0.392. The molecular weight excluding hydrogens is 637 g/mol. The van der Waals surface area contributed by atoms with Crippen molar-refractivity contribution in [3.63, 3.8) is 0 Å². The van der Waals surface area contributed by atoms with Gasteiger partial charge in [-0.15, -0.1) is 9.13 Å². The molecule has 1 atom stereocenters. The van der Waals surface area contributed by atoms with Gasteiger partial charge in [0.05, 0.1) is 13.6 Å². The van der Waals surface area contributed by atoms with Crippen LogP contribution in [0.1, 0.15) is 36.5 Å². The molecule has 0 N–H and O–H groups in total. The van der Waals surface area contributed by atoms with Crippen molar-refractivity contribution in [3.8, 4) is 22.5 Å². The lowest BCUT2D eigenvalue weighted by Gasteiger charge is -2.20. The molecule has 5 heterocycles. The quantitative estimate of drug-likeness (QED) is 0.102.